The van der Waals surface area contributed by atoms with E-state index in [0.29, 0.717) is 35.4 Å². The highest BCUT2D eigenvalue weighted by Gasteiger charge is 2.10. The molecule has 0 saturated carbocycles. The van der Waals surface area contributed by atoms with E-state index in [2.05, 4.69) is 15.5 Å². The van der Waals surface area contributed by atoms with Crippen molar-refractivity contribution in [1.82, 2.24) is 10.1 Å². The van der Waals surface area contributed by atoms with Gasteiger partial charge in [0.2, 0.25) is 5.89 Å². The SMILES string of the molecule is COc1cc(N)c(NCc2noc(C)n2)cc1OC. The van der Waals surface area contributed by atoms with Crippen LogP contribution < -0.4 is 20.5 Å². The predicted octanol–water partition coefficient (Wildman–Crippen LogP) is 1.59. The Kier molecular flexibility index (Phi) is 3.74. The van der Waals surface area contributed by atoms with E-state index in [-0.39, 0.29) is 0 Å². The van der Waals surface area contributed by atoms with Crippen molar-refractivity contribution in [2.75, 3.05) is 25.3 Å². The second-order valence-corrected chi connectivity index (χ2v) is 3.88. The van der Waals surface area contributed by atoms with Crippen molar-refractivity contribution in [2.24, 2.45) is 0 Å². The van der Waals surface area contributed by atoms with Gasteiger partial charge in [0.25, 0.3) is 0 Å². The van der Waals surface area contributed by atoms with Crippen LogP contribution in [-0.2, 0) is 6.54 Å². The summed E-state index contributed by atoms with van der Waals surface area (Å²) < 4.78 is 15.3. The van der Waals surface area contributed by atoms with E-state index in [0.717, 1.165) is 5.69 Å². The number of ether oxygens (including phenoxy) is 2. The number of nitrogens with one attached hydrogen (secondary N) is 1. The summed E-state index contributed by atoms with van der Waals surface area (Å²) in [4.78, 5) is 4.09. The van der Waals surface area contributed by atoms with Gasteiger partial charge in [0.05, 0.1) is 32.1 Å². The van der Waals surface area contributed by atoms with Gasteiger partial charge in [0.15, 0.2) is 17.3 Å². The molecule has 3 N–H and O–H groups in total. The van der Waals surface area contributed by atoms with E-state index in [9.17, 15) is 0 Å². The van der Waals surface area contributed by atoms with E-state index in [1.54, 1.807) is 33.3 Å². The largest absolute Gasteiger partial charge is 0.493 e. The van der Waals surface area contributed by atoms with E-state index in [1.165, 1.54) is 0 Å². The Morgan fingerprint density at radius 2 is 1.95 bits per heavy atom. The van der Waals surface area contributed by atoms with Crippen LogP contribution in [0.15, 0.2) is 16.7 Å². The number of aryl methyl sites for hydroxylation is 1. The Labute approximate surface area is 110 Å². The maximum Gasteiger partial charge on any atom is 0.223 e. The minimum atomic E-state index is 0.414. The molecule has 0 fully saturated rings. The lowest BCUT2D eigenvalue weighted by molar-refractivity contribution is 0.355. The molecule has 1 aromatic heterocycles. The summed E-state index contributed by atoms with van der Waals surface area (Å²) in [7, 11) is 3.13. The van der Waals surface area contributed by atoms with Crippen molar-refractivity contribution >= 4 is 11.4 Å². The van der Waals surface area contributed by atoms with Crippen LogP contribution in [-0.4, -0.2) is 24.4 Å². The fourth-order valence-corrected chi connectivity index (χ4v) is 1.64. The van der Waals surface area contributed by atoms with Crippen LogP contribution in [0.25, 0.3) is 0 Å². The molecule has 2 rings (SSSR count). The molecule has 102 valence electrons. The van der Waals surface area contributed by atoms with Gasteiger partial charge < -0.3 is 25.0 Å². The number of hydrogen-bond donors (Lipinski definition) is 2. The smallest absolute Gasteiger partial charge is 0.223 e. The molecule has 19 heavy (non-hydrogen) atoms. The molecule has 7 heteroatoms. The molecule has 7 nitrogen and oxygen atoms in total. The number of nitrogen functional groups attached to an aromatic ring is 1. The summed E-state index contributed by atoms with van der Waals surface area (Å²) in [5.74, 6) is 2.27. The first-order valence-electron chi connectivity index (χ1n) is 5.68. The number of benzene rings is 1. The van der Waals surface area contributed by atoms with Gasteiger partial charge in [-0.3, -0.25) is 0 Å². The molecule has 0 radical (unpaired) electrons. The lowest BCUT2D eigenvalue weighted by Crippen LogP contribution is -2.05. The van der Waals surface area contributed by atoms with E-state index in [4.69, 9.17) is 19.7 Å². The number of rotatable bonds is 5. The Balaban J connectivity index is 2.15. The molecule has 0 aliphatic heterocycles. The number of hydrogen-bond acceptors (Lipinski definition) is 7. The lowest BCUT2D eigenvalue weighted by atomic mass is 10.2. The molecular formula is C12H16N4O3. The highest BCUT2D eigenvalue weighted by molar-refractivity contribution is 5.71. The summed E-state index contributed by atoms with van der Waals surface area (Å²) in [5.41, 5.74) is 7.20. The molecule has 0 aliphatic rings. The first kappa shape index (κ1) is 13.0. The Morgan fingerprint density at radius 1 is 1.26 bits per heavy atom. The van der Waals surface area contributed by atoms with Crippen LogP contribution in [0.1, 0.15) is 11.7 Å². The molecule has 1 heterocycles. The van der Waals surface area contributed by atoms with Crippen LogP contribution in [0.5, 0.6) is 11.5 Å². The molecular weight excluding hydrogens is 248 g/mol. The van der Waals surface area contributed by atoms with Gasteiger partial charge in [-0.2, -0.15) is 4.98 Å². The zero-order valence-electron chi connectivity index (χ0n) is 11.1. The van der Waals surface area contributed by atoms with E-state index in [1.807, 2.05) is 0 Å². The number of anilines is 2. The molecule has 0 amide bonds. The average Bonchev–Trinajstić information content (AvgIpc) is 2.82. The first-order chi connectivity index (χ1) is 9.13. The molecule has 0 spiro atoms. The number of nitrogens with zero attached hydrogens (tertiary/aromatic N) is 2. The first-order valence-corrected chi connectivity index (χ1v) is 5.68. The third-order valence-corrected chi connectivity index (χ3v) is 2.56. The number of nitrogens with two attached hydrogens (primary N) is 1. The highest BCUT2D eigenvalue weighted by atomic mass is 16.5. The standard InChI is InChI=1S/C12H16N4O3/c1-7-15-12(16-19-7)6-14-9-5-11(18-3)10(17-2)4-8(9)13/h4-5,14H,6,13H2,1-3H3. The van der Waals surface area contributed by atoms with Crippen LogP contribution in [0.2, 0.25) is 0 Å². The van der Waals surface area contributed by atoms with E-state index >= 15 is 0 Å². The molecule has 0 bridgehead atoms. The van der Waals surface area contributed by atoms with Gasteiger partial charge in [-0.25, -0.2) is 0 Å². The Bertz CT molecular complexity index is 568. The van der Waals surface area contributed by atoms with Gasteiger partial charge in [-0.1, -0.05) is 5.16 Å². The van der Waals surface area contributed by atoms with Gasteiger partial charge in [-0.15, -0.1) is 0 Å². The van der Waals surface area contributed by atoms with Crippen molar-refractivity contribution < 1.29 is 14.0 Å². The zero-order valence-corrected chi connectivity index (χ0v) is 11.1. The van der Waals surface area contributed by atoms with Gasteiger partial charge >= 0.3 is 0 Å². The number of methoxy groups -OCH3 is 2. The van der Waals surface area contributed by atoms with Crippen molar-refractivity contribution in [3.8, 4) is 11.5 Å². The molecule has 0 atom stereocenters. The monoisotopic (exact) mass is 264 g/mol. The van der Waals surface area contributed by atoms with Crippen LogP contribution >= 0.6 is 0 Å². The van der Waals surface area contributed by atoms with Crippen LogP contribution in [0.3, 0.4) is 0 Å². The average molecular weight is 264 g/mol. The number of aromatic nitrogens is 2. The molecule has 1 aromatic carbocycles. The third kappa shape index (κ3) is 2.87. The Hall–Kier alpha value is -2.44. The summed E-state index contributed by atoms with van der Waals surface area (Å²) in [5, 5.41) is 6.91. The molecule has 0 saturated heterocycles. The topological polar surface area (TPSA) is 95.4 Å². The minimum absolute atomic E-state index is 0.414. The Morgan fingerprint density at radius 3 is 2.53 bits per heavy atom. The van der Waals surface area contributed by atoms with Crippen LogP contribution in [0, 0.1) is 6.92 Å². The van der Waals surface area contributed by atoms with Crippen molar-refractivity contribution in [3.05, 3.63) is 23.8 Å². The van der Waals surface area contributed by atoms with Crippen LogP contribution in [0.4, 0.5) is 11.4 Å². The molecule has 2 aromatic rings. The summed E-state index contributed by atoms with van der Waals surface area (Å²) in [6, 6.07) is 3.46. The fourth-order valence-electron chi connectivity index (χ4n) is 1.64. The minimum Gasteiger partial charge on any atom is -0.493 e. The van der Waals surface area contributed by atoms with Gasteiger partial charge in [0, 0.05) is 19.1 Å². The van der Waals surface area contributed by atoms with E-state index < -0.39 is 0 Å². The normalized spacial score (nSPS) is 10.3. The second-order valence-electron chi connectivity index (χ2n) is 3.88. The van der Waals surface area contributed by atoms with Gasteiger partial charge in [0.1, 0.15) is 0 Å². The quantitative estimate of drug-likeness (QED) is 0.791. The summed E-state index contributed by atoms with van der Waals surface area (Å²) >= 11 is 0. The van der Waals surface area contributed by atoms with Crippen molar-refractivity contribution in [2.45, 2.75) is 13.5 Å². The van der Waals surface area contributed by atoms with Crippen molar-refractivity contribution in [3.63, 3.8) is 0 Å². The predicted molar refractivity (Wildman–Crippen MR) is 70.3 cm³/mol. The molecule has 0 unspecified atom stereocenters. The summed E-state index contributed by atoms with van der Waals surface area (Å²) in [6.07, 6.45) is 0. The zero-order chi connectivity index (χ0) is 13.8. The maximum absolute atomic E-state index is 5.93. The van der Waals surface area contributed by atoms with Gasteiger partial charge in [-0.05, 0) is 0 Å². The fraction of sp³-hybridized carbons (Fsp3) is 0.333. The maximum atomic E-state index is 5.93. The lowest BCUT2D eigenvalue weighted by Gasteiger charge is -2.13. The van der Waals surface area contributed by atoms with Crippen molar-refractivity contribution in [1.29, 1.82) is 0 Å². The summed E-state index contributed by atoms with van der Waals surface area (Å²) in [6.45, 7) is 2.15. The molecule has 0 aliphatic carbocycles. The third-order valence-electron chi connectivity index (χ3n) is 2.56. The second kappa shape index (κ2) is 5.47. The highest BCUT2D eigenvalue weighted by Crippen LogP contribution is 2.34.